The molecule has 4 aromatic rings. The lowest BCUT2D eigenvalue weighted by Gasteiger charge is -2.20. The minimum Gasteiger partial charge on any atom is -0.507 e. The summed E-state index contributed by atoms with van der Waals surface area (Å²) in [5, 5.41) is 21.4. The van der Waals surface area contributed by atoms with E-state index in [0.29, 0.717) is 17.7 Å². The molecule has 1 atom stereocenters. The van der Waals surface area contributed by atoms with Crippen LogP contribution in [0.3, 0.4) is 0 Å². The smallest absolute Gasteiger partial charge is 0.240 e. The molecule has 170 valence electrons. The van der Waals surface area contributed by atoms with E-state index in [4.69, 9.17) is 9.84 Å². The number of hydrogen-bond acceptors (Lipinski definition) is 5. The lowest BCUT2D eigenvalue weighted by atomic mass is 9.96. The first-order valence-corrected chi connectivity index (χ1v) is 11.0. The van der Waals surface area contributed by atoms with E-state index in [9.17, 15) is 9.90 Å². The molecule has 0 fully saturated rings. The van der Waals surface area contributed by atoms with Gasteiger partial charge in [0.1, 0.15) is 11.5 Å². The molecule has 0 aliphatic carbocycles. The number of phenols is 1. The third kappa shape index (κ3) is 3.92. The van der Waals surface area contributed by atoms with Crippen molar-refractivity contribution >= 4 is 11.6 Å². The van der Waals surface area contributed by atoms with Gasteiger partial charge in [0.2, 0.25) is 5.91 Å². The van der Waals surface area contributed by atoms with Crippen LogP contribution in [0.1, 0.15) is 30.5 Å². The Morgan fingerprint density at radius 2 is 1.71 bits per heavy atom. The van der Waals surface area contributed by atoms with Gasteiger partial charge in [-0.3, -0.25) is 4.79 Å². The highest BCUT2D eigenvalue weighted by molar-refractivity contribution is 6.05. The van der Waals surface area contributed by atoms with Crippen molar-refractivity contribution in [3.05, 3.63) is 96.2 Å². The molecule has 7 nitrogen and oxygen atoms in total. The second kappa shape index (κ2) is 8.86. The molecule has 1 N–H and O–H groups in total. The summed E-state index contributed by atoms with van der Waals surface area (Å²) in [4.78, 5) is 12.6. The minimum atomic E-state index is -0.360. The van der Waals surface area contributed by atoms with Crippen molar-refractivity contribution in [2.75, 3.05) is 7.11 Å². The number of phenolic OH excluding ortho intramolecular Hbond substituents is 1. The first-order valence-electron chi connectivity index (χ1n) is 11.0. The Morgan fingerprint density at radius 3 is 2.38 bits per heavy atom. The summed E-state index contributed by atoms with van der Waals surface area (Å²) in [7, 11) is 1.63. The van der Waals surface area contributed by atoms with Crippen molar-refractivity contribution in [1.29, 1.82) is 0 Å². The number of rotatable bonds is 5. The van der Waals surface area contributed by atoms with Crippen molar-refractivity contribution in [2.45, 2.75) is 19.4 Å². The van der Waals surface area contributed by atoms with E-state index in [2.05, 4.69) is 5.10 Å². The summed E-state index contributed by atoms with van der Waals surface area (Å²) in [5.74, 6) is 0.716. The molecular formula is C27H24N4O3. The lowest BCUT2D eigenvalue weighted by Crippen LogP contribution is -2.24. The number of benzene rings is 3. The number of aromatic hydroxyl groups is 1. The molecule has 0 bridgehead atoms. The normalized spacial score (nSPS) is 15.3. The van der Waals surface area contributed by atoms with E-state index in [1.807, 2.05) is 77.6 Å². The number of amides is 1. The minimum absolute atomic E-state index is 0.140. The van der Waals surface area contributed by atoms with Crippen molar-refractivity contribution in [3.63, 3.8) is 0 Å². The fourth-order valence-electron chi connectivity index (χ4n) is 4.24. The Kier molecular flexibility index (Phi) is 5.59. The molecular weight excluding hydrogens is 428 g/mol. The van der Waals surface area contributed by atoms with E-state index in [1.54, 1.807) is 19.2 Å². The quantitative estimate of drug-likeness (QED) is 0.465. The number of nitrogens with zero attached hydrogens (tertiary/aromatic N) is 4. The average Bonchev–Trinajstić information content (AvgIpc) is 3.50. The molecule has 3 aromatic carbocycles. The predicted molar refractivity (Wildman–Crippen MR) is 130 cm³/mol. The summed E-state index contributed by atoms with van der Waals surface area (Å²) in [6, 6.07) is 24.2. The van der Waals surface area contributed by atoms with Crippen LogP contribution in [0.2, 0.25) is 0 Å². The number of hydrogen-bond donors (Lipinski definition) is 1. The van der Waals surface area contributed by atoms with E-state index in [-0.39, 0.29) is 17.7 Å². The van der Waals surface area contributed by atoms with Crippen LogP contribution < -0.4 is 4.74 Å². The Hall–Kier alpha value is -4.39. The zero-order valence-electron chi connectivity index (χ0n) is 18.9. The number of carbonyl (C=O) groups is 1. The van der Waals surface area contributed by atoms with Crippen LogP contribution >= 0.6 is 0 Å². The Morgan fingerprint density at radius 1 is 1.00 bits per heavy atom. The van der Waals surface area contributed by atoms with Crippen molar-refractivity contribution in [2.24, 2.45) is 5.10 Å². The fourth-order valence-corrected chi connectivity index (χ4v) is 4.24. The van der Waals surface area contributed by atoms with Crippen molar-refractivity contribution in [3.8, 4) is 28.4 Å². The van der Waals surface area contributed by atoms with E-state index in [0.717, 1.165) is 28.3 Å². The molecule has 1 aliphatic heterocycles. The van der Waals surface area contributed by atoms with Gasteiger partial charge in [-0.05, 0) is 48.5 Å². The van der Waals surface area contributed by atoms with Gasteiger partial charge in [-0.1, -0.05) is 30.3 Å². The molecule has 7 heteroatoms. The van der Waals surface area contributed by atoms with Gasteiger partial charge >= 0.3 is 0 Å². The van der Waals surface area contributed by atoms with Gasteiger partial charge in [0.25, 0.3) is 0 Å². The van der Waals surface area contributed by atoms with E-state index >= 15 is 0 Å². The number of hydrazone groups is 1. The van der Waals surface area contributed by atoms with Gasteiger partial charge in [-0.25, -0.2) is 9.69 Å². The molecule has 2 heterocycles. The summed E-state index contributed by atoms with van der Waals surface area (Å²) >= 11 is 0. The molecule has 1 aliphatic rings. The monoisotopic (exact) mass is 452 g/mol. The maximum absolute atomic E-state index is 12.6. The van der Waals surface area contributed by atoms with Gasteiger partial charge in [-0.15, -0.1) is 0 Å². The highest BCUT2D eigenvalue weighted by Crippen LogP contribution is 2.39. The summed E-state index contributed by atoms with van der Waals surface area (Å²) in [6.45, 7) is 1.50. The van der Waals surface area contributed by atoms with Crippen LogP contribution in [0.25, 0.3) is 16.9 Å². The molecule has 5 rings (SSSR count). The Balaban J connectivity index is 1.62. The molecule has 0 saturated carbocycles. The van der Waals surface area contributed by atoms with Crippen LogP contribution in [0.15, 0.2) is 90.2 Å². The number of carbonyl (C=O) groups excluding carboxylic acids is 1. The first-order chi connectivity index (χ1) is 16.5. The maximum Gasteiger partial charge on any atom is 0.240 e. The molecule has 0 radical (unpaired) electrons. The highest BCUT2D eigenvalue weighted by Gasteiger charge is 2.35. The number of ether oxygens (including phenoxy) is 1. The van der Waals surface area contributed by atoms with Crippen LogP contribution in [-0.4, -0.2) is 38.6 Å². The predicted octanol–water partition coefficient (Wildman–Crippen LogP) is 4.95. The Labute approximate surface area is 197 Å². The topological polar surface area (TPSA) is 80.0 Å². The zero-order valence-corrected chi connectivity index (χ0v) is 18.9. The van der Waals surface area contributed by atoms with E-state index in [1.165, 1.54) is 11.9 Å². The summed E-state index contributed by atoms with van der Waals surface area (Å²) < 4.78 is 7.14. The van der Waals surface area contributed by atoms with Gasteiger partial charge in [0, 0.05) is 36.2 Å². The molecule has 1 amide bonds. The van der Waals surface area contributed by atoms with Crippen LogP contribution in [0, 0.1) is 0 Å². The van der Waals surface area contributed by atoms with Crippen molar-refractivity contribution < 1.29 is 14.6 Å². The third-order valence-corrected chi connectivity index (χ3v) is 5.93. The number of para-hydroxylation sites is 2. The van der Waals surface area contributed by atoms with Gasteiger partial charge < -0.3 is 9.84 Å². The Bertz CT molecular complexity index is 1360. The molecule has 1 aromatic heterocycles. The highest BCUT2D eigenvalue weighted by atomic mass is 16.5. The van der Waals surface area contributed by atoms with Crippen LogP contribution in [0.5, 0.6) is 11.5 Å². The number of methoxy groups -OCH3 is 1. The number of aromatic nitrogens is 2. The largest absolute Gasteiger partial charge is 0.507 e. The SMILES string of the molecule is COc1ccc(-c2nn(-c3ccccc3)cc2C2CC(c3ccccc3O)=NN2C(C)=O)cc1. The lowest BCUT2D eigenvalue weighted by molar-refractivity contribution is -0.130. The average molecular weight is 453 g/mol. The first kappa shape index (κ1) is 21.5. The second-order valence-corrected chi connectivity index (χ2v) is 8.09. The van der Waals surface area contributed by atoms with Gasteiger partial charge in [-0.2, -0.15) is 10.2 Å². The zero-order chi connectivity index (χ0) is 23.7. The summed E-state index contributed by atoms with van der Waals surface area (Å²) in [5.41, 5.74) is 4.74. The molecule has 1 unspecified atom stereocenters. The molecule has 0 saturated heterocycles. The van der Waals surface area contributed by atoms with Crippen molar-refractivity contribution in [1.82, 2.24) is 14.8 Å². The second-order valence-electron chi connectivity index (χ2n) is 8.09. The summed E-state index contributed by atoms with van der Waals surface area (Å²) in [6.07, 6.45) is 2.42. The molecule has 34 heavy (non-hydrogen) atoms. The van der Waals surface area contributed by atoms with Gasteiger partial charge in [0.05, 0.1) is 30.2 Å². The van der Waals surface area contributed by atoms with Crippen LogP contribution in [0.4, 0.5) is 0 Å². The third-order valence-electron chi connectivity index (χ3n) is 5.93. The standard InChI is InChI=1S/C27H24N4O3/c1-18(32)31-25(16-24(28-31)22-10-6-7-11-26(22)33)23-17-30(20-8-4-3-5-9-20)29-27(23)19-12-14-21(34-2)15-13-19/h3-15,17,25,33H,16H2,1-2H3. The molecule has 0 spiro atoms. The maximum atomic E-state index is 12.6. The van der Waals surface area contributed by atoms with E-state index < -0.39 is 0 Å². The fraction of sp³-hybridized carbons (Fsp3) is 0.148. The van der Waals surface area contributed by atoms with Crippen LogP contribution in [-0.2, 0) is 4.79 Å². The van der Waals surface area contributed by atoms with Gasteiger partial charge in [0.15, 0.2) is 0 Å².